The van der Waals surface area contributed by atoms with Crippen molar-refractivity contribution in [1.82, 2.24) is 10.2 Å². The minimum Gasteiger partial charge on any atom is -0.480 e. The molecule has 0 aromatic rings. The highest BCUT2D eigenvalue weighted by molar-refractivity contribution is 5.80. The third-order valence-corrected chi connectivity index (χ3v) is 2.40. The first-order valence-electron chi connectivity index (χ1n) is 4.88. The maximum absolute atomic E-state index is 11.2. The van der Waals surface area contributed by atoms with Crippen molar-refractivity contribution in [3.05, 3.63) is 0 Å². The maximum atomic E-state index is 11.2. The highest BCUT2D eigenvalue weighted by Gasteiger charge is 2.26. The Morgan fingerprint density at radius 2 is 2.43 bits per heavy atom. The standard InChI is InChI=1S/C9H16N2O3/c1-2-7(9(13)14)11-5-3-4-10-8(12)6-11/h7H,2-6H2,1H3,(H,10,12)(H,13,14). The Labute approximate surface area is 83.1 Å². The summed E-state index contributed by atoms with van der Waals surface area (Å²) in [4.78, 5) is 23.8. The van der Waals surface area contributed by atoms with Crippen LogP contribution in [0.2, 0.25) is 0 Å². The molecule has 0 saturated carbocycles. The summed E-state index contributed by atoms with van der Waals surface area (Å²) in [6.07, 6.45) is 1.35. The van der Waals surface area contributed by atoms with E-state index in [-0.39, 0.29) is 12.5 Å². The molecule has 1 amide bonds. The lowest BCUT2D eigenvalue weighted by Crippen LogP contribution is -2.44. The predicted molar refractivity (Wildman–Crippen MR) is 50.9 cm³/mol. The van der Waals surface area contributed by atoms with Crippen LogP contribution in [0.15, 0.2) is 0 Å². The van der Waals surface area contributed by atoms with Crippen LogP contribution >= 0.6 is 0 Å². The van der Waals surface area contributed by atoms with Gasteiger partial charge in [0.15, 0.2) is 0 Å². The number of carboxylic acids is 1. The third kappa shape index (κ3) is 2.70. The van der Waals surface area contributed by atoms with Crippen LogP contribution in [-0.4, -0.2) is 47.6 Å². The van der Waals surface area contributed by atoms with Gasteiger partial charge in [-0.2, -0.15) is 0 Å². The van der Waals surface area contributed by atoms with E-state index < -0.39 is 12.0 Å². The fraction of sp³-hybridized carbons (Fsp3) is 0.778. The second kappa shape index (κ2) is 4.95. The first-order chi connectivity index (χ1) is 6.65. The number of amides is 1. The van der Waals surface area contributed by atoms with E-state index in [1.54, 1.807) is 4.90 Å². The number of rotatable bonds is 3. The second-order valence-electron chi connectivity index (χ2n) is 3.44. The average molecular weight is 200 g/mol. The Hall–Kier alpha value is -1.10. The average Bonchev–Trinajstić information content (AvgIpc) is 2.31. The molecule has 0 bridgehead atoms. The molecule has 2 N–H and O–H groups in total. The first kappa shape index (κ1) is 11.0. The van der Waals surface area contributed by atoms with Gasteiger partial charge in [-0.15, -0.1) is 0 Å². The van der Waals surface area contributed by atoms with Crippen LogP contribution in [0, 0.1) is 0 Å². The maximum Gasteiger partial charge on any atom is 0.320 e. The minimum atomic E-state index is -0.845. The van der Waals surface area contributed by atoms with Crippen LogP contribution in [-0.2, 0) is 9.59 Å². The molecule has 5 heteroatoms. The Kier molecular flexibility index (Phi) is 3.88. The van der Waals surface area contributed by atoms with Crippen molar-refractivity contribution >= 4 is 11.9 Å². The highest BCUT2D eigenvalue weighted by atomic mass is 16.4. The van der Waals surface area contributed by atoms with Crippen LogP contribution in [0.3, 0.4) is 0 Å². The van der Waals surface area contributed by atoms with E-state index in [1.165, 1.54) is 0 Å². The largest absolute Gasteiger partial charge is 0.480 e. The summed E-state index contributed by atoms with van der Waals surface area (Å²) >= 11 is 0. The molecule has 1 fully saturated rings. The molecule has 1 rings (SSSR count). The smallest absolute Gasteiger partial charge is 0.320 e. The van der Waals surface area contributed by atoms with E-state index in [1.807, 2.05) is 6.92 Å². The van der Waals surface area contributed by atoms with Gasteiger partial charge in [0.25, 0.3) is 0 Å². The van der Waals surface area contributed by atoms with E-state index in [0.29, 0.717) is 19.5 Å². The summed E-state index contributed by atoms with van der Waals surface area (Å²) in [6, 6.07) is -0.529. The van der Waals surface area contributed by atoms with Gasteiger partial charge in [-0.1, -0.05) is 6.92 Å². The minimum absolute atomic E-state index is 0.0813. The molecule has 14 heavy (non-hydrogen) atoms. The fourth-order valence-electron chi connectivity index (χ4n) is 1.68. The van der Waals surface area contributed by atoms with E-state index in [9.17, 15) is 9.59 Å². The van der Waals surface area contributed by atoms with E-state index in [2.05, 4.69) is 5.32 Å². The monoisotopic (exact) mass is 200 g/mol. The van der Waals surface area contributed by atoms with E-state index in [4.69, 9.17) is 5.11 Å². The molecule has 0 spiro atoms. The molecule has 1 aliphatic rings. The van der Waals surface area contributed by atoms with Gasteiger partial charge >= 0.3 is 5.97 Å². The lowest BCUT2D eigenvalue weighted by Gasteiger charge is -2.24. The molecule has 0 radical (unpaired) electrons. The SMILES string of the molecule is CCC(C(=O)O)N1CCCNC(=O)C1. The number of hydrogen-bond donors (Lipinski definition) is 2. The van der Waals surface area contributed by atoms with Gasteiger partial charge in [0.1, 0.15) is 6.04 Å². The van der Waals surface area contributed by atoms with Crippen molar-refractivity contribution in [3.63, 3.8) is 0 Å². The van der Waals surface area contributed by atoms with E-state index >= 15 is 0 Å². The Morgan fingerprint density at radius 1 is 1.71 bits per heavy atom. The van der Waals surface area contributed by atoms with Gasteiger partial charge in [0, 0.05) is 13.1 Å². The molecule has 0 aromatic heterocycles. The zero-order valence-electron chi connectivity index (χ0n) is 8.32. The van der Waals surface area contributed by atoms with Crippen molar-refractivity contribution in [1.29, 1.82) is 0 Å². The van der Waals surface area contributed by atoms with Crippen molar-refractivity contribution < 1.29 is 14.7 Å². The number of hydrogen-bond acceptors (Lipinski definition) is 3. The number of carboxylic acid groups (broad SMARTS) is 1. The van der Waals surface area contributed by atoms with Gasteiger partial charge in [0.05, 0.1) is 6.54 Å². The summed E-state index contributed by atoms with van der Waals surface area (Å²) in [5.74, 6) is -0.926. The topological polar surface area (TPSA) is 69.6 Å². The van der Waals surface area contributed by atoms with Crippen LogP contribution in [0.4, 0.5) is 0 Å². The van der Waals surface area contributed by atoms with Gasteiger partial charge < -0.3 is 10.4 Å². The summed E-state index contributed by atoms with van der Waals surface area (Å²) in [7, 11) is 0. The van der Waals surface area contributed by atoms with E-state index in [0.717, 1.165) is 6.42 Å². The zero-order valence-corrected chi connectivity index (χ0v) is 8.32. The number of nitrogens with zero attached hydrogens (tertiary/aromatic N) is 1. The van der Waals surface area contributed by atoms with Crippen LogP contribution in [0.1, 0.15) is 19.8 Å². The van der Waals surface area contributed by atoms with Crippen molar-refractivity contribution in [2.45, 2.75) is 25.8 Å². The van der Waals surface area contributed by atoms with Gasteiger partial charge in [-0.3, -0.25) is 14.5 Å². The number of carbonyl (C=O) groups is 2. The Balaban J connectivity index is 2.63. The molecular formula is C9H16N2O3. The van der Waals surface area contributed by atoms with Crippen LogP contribution in [0.25, 0.3) is 0 Å². The molecule has 80 valence electrons. The second-order valence-corrected chi connectivity index (χ2v) is 3.44. The lowest BCUT2D eigenvalue weighted by molar-refractivity contribution is -0.143. The van der Waals surface area contributed by atoms with Crippen molar-refractivity contribution in [3.8, 4) is 0 Å². The molecule has 1 unspecified atom stereocenters. The number of nitrogens with one attached hydrogen (secondary N) is 1. The van der Waals surface area contributed by atoms with Gasteiger partial charge in [0.2, 0.25) is 5.91 Å². The summed E-state index contributed by atoms with van der Waals surface area (Å²) in [5, 5.41) is 11.6. The molecule has 1 atom stereocenters. The summed E-state index contributed by atoms with van der Waals surface area (Å²) in [5.41, 5.74) is 0. The van der Waals surface area contributed by atoms with Crippen molar-refractivity contribution in [2.75, 3.05) is 19.6 Å². The molecule has 5 nitrogen and oxygen atoms in total. The molecule has 1 heterocycles. The molecule has 1 saturated heterocycles. The lowest BCUT2D eigenvalue weighted by atomic mass is 10.2. The molecular weight excluding hydrogens is 184 g/mol. The van der Waals surface area contributed by atoms with Crippen LogP contribution < -0.4 is 5.32 Å². The van der Waals surface area contributed by atoms with Gasteiger partial charge in [-0.05, 0) is 12.8 Å². The predicted octanol–water partition coefficient (Wildman–Crippen LogP) is -0.328. The number of aliphatic carboxylic acids is 1. The molecule has 1 aliphatic heterocycles. The normalized spacial score (nSPS) is 21.1. The fourth-order valence-corrected chi connectivity index (χ4v) is 1.68. The highest BCUT2D eigenvalue weighted by Crippen LogP contribution is 2.07. The number of carbonyl (C=O) groups excluding carboxylic acids is 1. The zero-order chi connectivity index (χ0) is 10.6. The third-order valence-electron chi connectivity index (χ3n) is 2.40. The first-order valence-corrected chi connectivity index (χ1v) is 4.88. The molecule has 0 aliphatic carbocycles. The summed E-state index contributed by atoms with van der Waals surface area (Å²) in [6.45, 7) is 3.33. The van der Waals surface area contributed by atoms with Crippen LogP contribution in [0.5, 0.6) is 0 Å². The Morgan fingerprint density at radius 3 is 3.00 bits per heavy atom. The Bertz CT molecular complexity index is 228. The van der Waals surface area contributed by atoms with Crippen molar-refractivity contribution in [2.24, 2.45) is 0 Å². The molecule has 0 aromatic carbocycles. The summed E-state index contributed by atoms with van der Waals surface area (Å²) < 4.78 is 0. The quantitative estimate of drug-likeness (QED) is 0.654. The van der Waals surface area contributed by atoms with Gasteiger partial charge in [-0.25, -0.2) is 0 Å².